The first-order chi connectivity index (χ1) is 15.6. The molecular weight excluding hydrogens is 437 g/mol. The van der Waals surface area contributed by atoms with E-state index in [1.54, 1.807) is 38.1 Å². The predicted octanol–water partition coefficient (Wildman–Crippen LogP) is 4.46. The molecule has 2 aromatic carbocycles. The monoisotopic (exact) mass is 464 g/mol. The summed E-state index contributed by atoms with van der Waals surface area (Å²) in [4.78, 5) is 26.1. The Morgan fingerprint density at radius 3 is 2.30 bits per heavy atom. The third-order valence-corrected chi connectivity index (χ3v) is 5.12. The molecule has 0 saturated carbocycles. The van der Waals surface area contributed by atoms with Crippen LogP contribution in [0.25, 0.3) is 0 Å². The maximum Gasteiger partial charge on any atom is 0.416 e. The molecule has 7 nitrogen and oxygen atoms in total. The van der Waals surface area contributed by atoms with Gasteiger partial charge >= 0.3 is 12.2 Å². The molecule has 1 fully saturated rings. The Balaban J connectivity index is 1.65. The molecule has 0 unspecified atom stereocenters. The number of hydrogen-bond acceptors (Lipinski definition) is 4. The molecule has 1 aliphatic rings. The van der Waals surface area contributed by atoms with E-state index in [1.165, 1.54) is 6.07 Å². The van der Waals surface area contributed by atoms with Crippen molar-refractivity contribution in [1.82, 2.24) is 5.32 Å². The Bertz CT molecular complexity index is 972. The minimum Gasteiger partial charge on any atom is -0.378 e. The zero-order chi connectivity index (χ0) is 24.0. The van der Waals surface area contributed by atoms with E-state index in [0.29, 0.717) is 37.7 Å². The summed E-state index contributed by atoms with van der Waals surface area (Å²) in [6, 6.07) is 9.63. The predicted molar refractivity (Wildman–Crippen MR) is 120 cm³/mol. The molecule has 0 radical (unpaired) electrons. The Kier molecular flexibility index (Phi) is 7.80. The van der Waals surface area contributed by atoms with Crippen molar-refractivity contribution >= 4 is 29.0 Å². The number of rotatable bonds is 6. The van der Waals surface area contributed by atoms with Crippen molar-refractivity contribution in [2.45, 2.75) is 26.6 Å². The number of carbonyl (C=O) groups is 2. The summed E-state index contributed by atoms with van der Waals surface area (Å²) < 4.78 is 45.0. The highest BCUT2D eigenvalue weighted by Gasteiger charge is 2.32. The van der Waals surface area contributed by atoms with Gasteiger partial charge in [0, 0.05) is 31.2 Å². The molecule has 1 saturated heterocycles. The van der Waals surface area contributed by atoms with E-state index >= 15 is 0 Å². The van der Waals surface area contributed by atoms with Crippen molar-refractivity contribution in [3.05, 3.63) is 53.6 Å². The number of alkyl halides is 3. The fraction of sp³-hybridized carbons (Fsp3) is 0.391. The van der Waals surface area contributed by atoms with Crippen molar-refractivity contribution in [3.63, 3.8) is 0 Å². The van der Waals surface area contributed by atoms with E-state index in [4.69, 9.17) is 4.74 Å². The van der Waals surface area contributed by atoms with Gasteiger partial charge in [0.25, 0.3) is 0 Å². The standard InChI is InChI=1S/C23H27F3N4O3/c1-15(2)21(31)28-18-6-3-16(4-7-18)14-27-22(32)29-19-13-17(23(24,25)26)5-8-20(19)30-9-11-33-12-10-30/h3-8,13,15H,9-12,14H2,1-2H3,(H,28,31)(H2,27,29,32). The van der Waals surface area contributed by atoms with Crippen LogP contribution in [0.15, 0.2) is 42.5 Å². The van der Waals surface area contributed by atoms with Crippen LogP contribution < -0.4 is 20.9 Å². The van der Waals surface area contributed by atoms with Gasteiger partial charge in [-0.05, 0) is 35.9 Å². The first-order valence-electron chi connectivity index (χ1n) is 10.6. The first-order valence-corrected chi connectivity index (χ1v) is 10.6. The lowest BCUT2D eigenvalue weighted by Gasteiger charge is -2.31. The van der Waals surface area contributed by atoms with Crippen molar-refractivity contribution in [1.29, 1.82) is 0 Å². The van der Waals surface area contributed by atoms with Gasteiger partial charge in [-0.3, -0.25) is 4.79 Å². The summed E-state index contributed by atoms with van der Waals surface area (Å²) in [6.07, 6.45) is -4.52. The van der Waals surface area contributed by atoms with Crippen LogP contribution in [-0.2, 0) is 22.3 Å². The molecule has 0 atom stereocenters. The highest BCUT2D eigenvalue weighted by molar-refractivity contribution is 5.93. The molecule has 2 aromatic rings. The normalized spacial score (nSPS) is 14.2. The number of hydrogen-bond donors (Lipinski definition) is 3. The zero-order valence-corrected chi connectivity index (χ0v) is 18.5. The van der Waals surface area contributed by atoms with Gasteiger partial charge in [0.05, 0.1) is 30.2 Å². The average molecular weight is 464 g/mol. The highest BCUT2D eigenvalue weighted by atomic mass is 19.4. The maximum atomic E-state index is 13.2. The molecule has 178 valence electrons. The minimum absolute atomic E-state index is 0.0796. The number of anilines is 3. The summed E-state index contributed by atoms with van der Waals surface area (Å²) in [5, 5.41) is 7.98. The van der Waals surface area contributed by atoms with E-state index < -0.39 is 17.8 Å². The number of benzene rings is 2. The van der Waals surface area contributed by atoms with Gasteiger partial charge < -0.3 is 25.6 Å². The number of carbonyl (C=O) groups excluding carboxylic acids is 2. The topological polar surface area (TPSA) is 82.7 Å². The van der Waals surface area contributed by atoms with Crippen LogP contribution in [0, 0.1) is 5.92 Å². The lowest BCUT2D eigenvalue weighted by molar-refractivity contribution is -0.137. The molecule has 0 aliphatic carbocycles. The van der Waals surface area contributed by atoms with Crippen LogP contribution in [0.5, 0.6) is 0 Å². The summed E-state index contributed by atoms with van der Waals surface area (Å²) >= 11 is 0. The summed E-state index contributed by atoms with van der Waals surface area (Å²) in [6.45, 7) is 5.70. The summed E-state index contributed by atoms with van der Waals surface area (Å²) in [5.41, 5.74) is 1.16. The third kappa shape index (κ3) is 6.85. The van der Waals surface area contributed by atoms with E-state index in [2.05, 4.69) is 16.0 Å². The van der Waals surface area contributed by atoms with E-state index in [1.807, 2.05) is 4.90 Å². The molecule has 0 bridgehead atoms. The number of nitrogens with zero attached hydrogens (tertiary/aromatic N) is 1. The van der Waals surface area contributed by atoms with Crippen molar-refractivity contribution < 1.29 is 27.5 Å². The number of amides is 3. The molecule has 0 spiro atoms. The lowest BCUT2D eigenvalue weighted by Crippen LogP contribution is -2.37. The molecule has 3 amide bonds. The lowest BCUT2D eigenvalue weighted by atomic mass is 10.1. The second-order valence-electron chi connectivity index (χ2n) is 7.98. The maximum absolute atomic E-state index is 13.2. The number of nitrogens with one attached hydrogen (secondary N) is 3. The van der Waals surface area contributed by atoms with Gasteiger partial charge in [-0.1, -0.05) is 26.0 Å². The van der Waals surface area contributed by atoms with Crippen LogP contribution in [0.1, 0.15) is 25.0 Å². The molecule has 3 rings (SSSR count). The Morgan fingerprint density at radius 1 is 1.03 bits per heavy atom. The van der Waals surface area contributed by atoms with Gasteiger partial charge in [-0.15, -0.1) is 0 Å². The van der Waals surface area contributed by atoms with E-state index in [9.17, 15) is 22.8 Å². The summed E-state index contributed by atoms with van der Waals surface area (Å²) in [7, 11) is 0. The van der Waals surface area contributed by atoms with E-state index in [-0.39, 0.29) is 24.1 Å². The van der Waals surface area contributed by atoms with Crippen LogP contribution in [0.2, 0.25) is 0 Å². The van der Waals surface area contributed by atoms with Gasteiger partial charge in [-0.25, -0.2) is 4.79 Å². The molecular formula is C23H27F3N4O3. The molecule has 1 heterocycles. The average Bonchev–Trinajstić information content (AvgIpc) is 2.78. The molecule has 3 N–H and O–H groups in total. The number of halogens is 3. The third-order valence-electron chi connectivity index (χ3n) is 5.12. The smallest absolute Gasteiger partial charge is 0.378 e. The number of urea groups is 1. The van der Waals surface area contributed by atoms with Crippen LogP contribution in [0.4, 0.5) is 35.0 Å². The fourth-order valence-corrected chi connectivity index (χ4v) is 3.23. The van der Waals surface area contributed by atoms with E-state index in [0.717, 1.165) is 17.7 Å². The van der Waals surface area contributed by atoms with Gasteiger partial charge in [-0.2, -0.15) is 13.2 Å². The van der Waals surface area contributed by atoms with Crippen LogP contribution in [-0.4, -0.2) is 38.2 Å². The summed E-state index contributed by atoms with van der Waals surface area (Å²) in [5.74, 6) is -0.245. The fourth-order valence-electron chi connectivity index (χ4n) is 3.23. The number of ether oxygens (including phenoxy) is 1. The first kappa shape index (κ1) is 24.4. The highest BCUT2D eigenvalue weighted by Crippen LogP contribution is 2.35. The van der Waals surface area contributed by atoms with Crippen molar-refractivity contribution in [2.75, 3.05) is 41.8 Å². The Labute approximate surface area is 190 Å². The van der Waals surface area contributed by atoms with Crippen molar-refractivity contribution in [2.24, 2.45) is 5.92 Å². The quantitative estimate of drug-likeness (QED) is 0.590. The Morgan fingerprint density at radius 2 is 1.70 bits per heavy atom. The largest absolute Gasteiger partial charge is 0.416 e. The Hall–Kier alpha value is -3.27. The van der Waals surface area contributed by atoms with Gasteiger partial charge in [0.15, 0.2) is 0 Å². The number of morpholine rings is 1. The minimum atomic E-state index is -4.52. The van der Waals surface area contributed by atoms with Gasteiger partial charge in [0.2, 0.25) is 5.91 Å². The molecule has 0 aromatic heterocycles. The van der Waals surface area contributed by atoms with Gasteiger partial charge in [0.1, 0.15) is 0 Å². The molecule has 10 heteroatoms. The SMILES string of the molecule is CC(C)C(=O)Nc1ccc(CNC(=O)Nc2cc(C(F)(F)F)ccc2N2CCOCC2)cc1. The second kappa shape index (κ2) is 10.6. The molecule has 33 heavy (non-hydrogen) atoms. The molecule has 1 aliphatic heterocycles. The van der Waals surface area contributed by atoms with Crippen molar-refractivity contribution in [3.8, 4) is 0 Å². The van der Waals surface area contributed by atoms with Crippen LogP contribution >= 0.6 is 0 Å². The zero-order valence-electron chi connectivity index (χ0n) is 18.5. The van der Waals surface area contributed by atoms with Crippen LogP contribution in [0.3, 0.4) is 0 Å². The second-order valence-corrected chi connectivity index (χ2v) is 7.98.